The van der Waals surface area contributed by atoms with Crippen LogP contribution in [0.1, 0.15) is 11.1 Å². The number of nitrogens with one attached hydrogen (secondary N) is 1. The first kappa shape index (κ1) is 13.5. The van der Waals surface area contributed by atoms with Crippen molar-refractivity contribution in [2.45, 2.75) is 18.7 Å². The summed E-state index contributed by atoms with van der Waals surface area (Å²) in [6.07, 6.45) is 0. The van der Waals surface area contributed by atoms with Crippen molar-refractivity contribution in [3.05, 3.63) is 59.4 Å². The zero-order chi connectivity index (χ0) is 14.0. The molecule has 0 bridgehead atoms. The van der Waals surface area contributed by atoms with E-state index in [1.54, 1.807) is 25.1 Å². The highest BCUT2D eigenvalue weighted by molar-refractivity contribution is 7.92. The molecule has 0 aliphatic carbocycles. The molecule has 0 aliphatic heterocycles. The smallest absolute Gasteiger partial charge is 0.262 e. The summed E-state index contributed by atoms with van der Waals surface area (Å²) >= 11 is 0. The van der Waals surface area contributed by atoms with Gasteiger partial charge < -0.3 is 0 Å². The molecule has 0 aliphatic rings. The maximum absolute atomic E-state index is 12.8. The Morgan fingerprint density at radius 3 is 2.21 bits per heavy atom. The zero-order valence-electron chi connectivity index (χ0n) is 10.6. The van der Waals surface area contributed by atoms with Crippen LogP contribution in [0, 0.1) is 19.7 Å². The van der Waals surface area contributed by atoms with Crippen LogP contribution in [0.3, 0.4) is 0 Å². The number of hydrogen-bond donors (Lipinski definition) is 1. The monoisotopic (exact) mass is 279 g/mol. The Bertz CT molecular complexity index is 694. The van der Waals surface area contributed by atoms with Crippen LogP contribution in [0.25, 0.3) is 0 Å². The van der Waals surface area contributed by atoms with E-state index < -0.39 is 15.8 Å². The van der Waals surface area contributed by atoms with Gasteiger partial charge in [0, 0.05) is 5.69 Å². The molecule has 0 atom stereocenters. The van der Waals surface area contributed by atoms with Gasteiger partial charge in [-0.3, -0.25) is 4.72 Å². The first-order chi connectivity index (χ1) is 8.88. The van der Waals surface area contributed by atoms with E-state index in [2.05, 4.69) is 4.72 Å². The van der Waals surface area contributed by atoms with Gasteiger partial charge in [0.1, 0.15) is 5.82 Å². The minimum Gasteiger partial charge on any atom is -0.280 e. The Balaban J connectivity index is 2.35. The molecular formula is C14H14FNO2S. The maximum Gasteiger partial charge on any atom is 0.262 e. The summed E-state index contributed by atoms with van der Waals surface area (Å²) in [5, 5.41) is 0. The van der Waals surface area contributed by atoms with Crippen LogP contribution in [0.15, 0.2) is 47.4 Å². The van der Waals surface area contributed by atoms with Crippen LogP contribution in [0.4, 0.5) is 10.1 Å². The quantitative estimate of drug-likeness (QED) is 0.937. The van der Waals surface area contributed by atoms with Gasteiger partial charge in [0.05, 0.1) is 4.90 Å². The summed E-state index contributed by atoms with van der Waals surface area (Å²) in [6.45, 7) is 3.64. The fraction of sp³-hybridized carbons (Fsp3) is 0.143. The summed E-state index contributed by atoms with van der Waals surface area (Å²) in [5.41, 5.74) is 2.01. The molecule has 100 valence electrons. The molecule has 0 amide bonds. The standard InChI is InChI=1S/C14H14FNO2S/c1-10-3-8-14(11(2)9-10)19(17,18)16-13-6-4-12(15)5-7-13/h3-9,16H,1-2H3. The highest BCUT2D eigenvalue weighted by atomic mass is 32.2. The van der Waals surface area contributed by atoms with Crippen molar-refractivity contribution >= 4 is 15.7 Å². The van der Waals surface area contributed by atoms with Crippen molar-refractivity contribution in [2.24, 2.45) is 0 Å². The lowest BCUT2D eigenvalue weighted by molar-refractivity contribution is 0.600. The van der Waals surface area contributed by atoms with Crippen LogP contribution in [-0.2, 0) is 10.0 Å². The third-order valence-electron chi connectivity index (χ3n) is 2.72. The number of rotatable bonds is 3. The van der Waals surface area contributed by atoms with Gasteiger partial charge in [0.15, 0.2) is 0 Å². The molecule has 0 saturated carbocycles. The summed E-state index contributed by atoms with van der Waals surface area (Å²) in [4.78, 5) is 0.224. The number of halogens is 1. The van der Waals surface area contributed by atoms with E-state index in [0.29, 0.717) is 11.3 Å². The molecular weight excluding hydrogens is 265 g/mol. The van der Waals surface area contributed by atoms with Crippen molar-refractivity contribution < 1.29 is 12.8 Å². The van der Waals surface area contributed by atoms with E-state index in [-0.39, 0.29) is 4.90 Å². The molecule has 0 unspecified atom stereocenters. The fourth-order valence-corrected chi connectivity index (χ4v) is 3.12. The Morgan fingerprint density at radius 1 is 1.00 bits per heavy atom. The first-order valence-electron chi connectivity index (χ1n) is 5.74. The van der Waals surface area contributed by atoms with Crippen LogP contribution < -0.4 is 4.72 Å². The highest BCUT2D eigenvalue weighted by Crippen LogP contribution is 2.20. The number of anilines is 1. The lowest BCUT2D eigenvalue weighted by Gasteiger charge is -2.10. The van der Waals surface area contributed by atoms with Gasteiger partial charge in [-0.15, -0.1) is 0 Å². The lowest BCUT2D eigenvalue weighted by atomic mass is 10.2. The average molecular weight is 279 g/mol. The van der Waals surface area contributed by atoms with Gasteiger partial charge in [-0.1, -0.05) is 17.7 Å². The molecule has 0 radical (unpaired) electrons. The highest BCUT2D eigenvalue weighted by Gasteiger charge is 2.16. The molecule has 2 rings (SSSR count). The number of hydrogen-bond acceptors (Lipinski definition) is 2. The van der Waals surface area contributed by atoms with Gasteiger partial charge in [0.2, 0.25) is 0 Å². The average Bonchev–Trinajstić information content (AvgIpc) is 2.31. The van der Waals surface area contributed by atoms with Crippen LogP contribution in [-0.4, -0.2) is 8.42 Å². The Labute approximate surface area is 112 Å². The zero-order valence-corrected chi connectivity index (χ0v) is 11.5. The molecule has 0 aromatic heterocycles. The Morgan fingerprint density at radius 2 is 1.63 bits per heavy atom. The first-order valence-corrected chi connectivity index (χ1v) is 7.22. The van der Waals surface area contributed by atoms with Crippen LogP contribution in [0.2, 0.25) is 0 Å². The molecule has 19 heavy (non-hydrogen) atoms. The molecule has 0 saturated heterocycles. The summed E-state index contributed by atoms with van der Waals surface area (Å²) in [5.74, 6) is -0.408. The topological polar surface area (TPSA) is 46.2 Å². The normalized spacial score (nSPS) is 11.3. The van der Waals surface area contributed by atoms with Gasteiger partial charge in [0.25, 0.3) is 10.0 Å². The Hall–Kier alpha value is -1.88. The minimum absolute atomic E-state index is 0.224. The molecule has 0 fully saturated rings. The van der Waals surface area contributed by atoms with Gasteiger partial charge in [-0.2, -0.15) is 0 Å². The second-order valence-corrected chi connectivity index (χ2v) is 6.03. The molecule has 2 aromatic carbocycles. The van der Waals surface area contributed by atoms with Gasteiger partial charge in [-0.25, -0.2) is 12.8 Å². The second kappa shape index (κ2) is 5.01. The molecule has 1 N–H and O–H groups in total. The van der Waals surface area contributed by atoms with Crippen molar-refractivity contribution in [2.75, 3.05) is 4.72 Å². The number of sulfonamides is 1. The molecule has 2 aromatic rings. The minimum atomic E-state index is -3.65. The summed E-state index contributed by atoms with van der Waals surface area (Å²) in [6, 6.07) is 10.3. The maximum atomic E-state index is 12.8. The van der Waals surface area contributed by atoms with Crippen molar-refractivity contribution in [1.29, 1.82) is 0 Å². The van der Waals surface area contributed by atoms with E-state index >= 15 is 0 Å². The van der Waals surface area contributed by atoms with Crippen molar-refractivity contribution in [3.8, 4) is 0 Å². The Kier molecular flexibility index (Phi) is 3.57. The van der Waals surface area contributed by atoms with E-state index in [4.69, 9.17) is 0 Å². The van der Waals surface area contributed by atoms with Crippen LogP contribution >= 0.6 is 0 Å². The van der Waals surface area contributed by atoms with Crippen molar-refractivity contribution in [1.82, 2.24) is 0 Å². The van der Waals surface area contributed by atoms with Crippen LogP contribution in [0.5, 0.6) is 0 Å². The van der Waals surface area contributed by atoms with E-state index in [1.807, 2.05) is 6.92 Å². The fourth-order valence-electron chi connectivity index (χ4n) is 1.83. The van der Waals surface area contributed by atoms with Crippen molar-refractivity contribution in [3.63, 3.8) is 0 Å². The predicted octanol–water partition coefficient (Wildman–Crippen LogP) is 3.24. The van der Waals surface area contributed by atoms with Gasteiger partial charge >= 0.3 is 0 Å². The summed E-state index contributed by atoms with van der Waals surface area (Å²) in [7, 11) is -3.65. The molecule has 0 heterocycles. The molecule has 0 spiro atoms. The SMILES string of the molecule is Cc1ccc(S(=O)(=O)Nc2ccc(F)cc2)c(C)c1. The molecule has 5 heteroatoms. The van der Waals surface area contributed by atoms with E-state index in [9.17, 15) is 12.8 Å². The number of benzene rings is 2. The lowest BCUT2D eigenvalue weighted by Crippen LogP contribution is -2.14. The van der Waals surface area contributed by atoms with Gasteiger partial charge in [-0.05, 0) is 49.7 Å². The second-order valence-electron chi connectivity index (χ2n) is 4.38. The molecule has 3 nitrogen and oxygen atoms in total. The third kappa shape index (κ3) is 3.12. The largest absolute Gasteiger partial charge is 0.280 e. The number of aryl methyl sites for hydroxylation is 2. The predicted molar refractivity (Wildman–Crippen MR) is 73.1 cm³/mol. The third-order valence-corrected chi connectivity index (χ3v) is 4.26. The van der Waals surface area contributed by atoms with E-state index in [1.165, 1.54) is 24.3 Å². The van der Waals surface area contributed by atoms with E-state index in [0.717, 1.165) is 5.56 Å². The summed E-state index contributed by atoms with van der Waals surface area (Å²) < 4.78 is 39.6.